The van der Waals surface area contributed by atoms with Gasteiger partial charge < -0.3 is 10.4 Å². The first-order valence-electron chi connectivity index (χ1n) is 8.28. The Morgan fingerprint density at radius 3 is 2.64 bits per heavy atom. The molecule has 1 amide bonds. The molecule has 0 radical (unpaired) electrons. The topological polar surface area (TPSA) is 66.4 Å². The van der Waals surface area contributed by atoms with Gasteiger partial charge in [0.1, 0.15) is 0 Å². The number of hydrogen-bond acceptors (Lipinski definition) is 2. The van der Waals surface area contributed by atoms with Crippen molar-refractivity contribution in [2.45, 2.75) is 56.9 Å². The van der Waals surface area contributed by atoms with E-state index in [1.54, 1.807) is 0 Å². The summed E-state index contributed by atoms with van der Waals surface area (Å²) in [6, 6.07) is 7.85. The standard InChI is InChI=1S/C18H23NO3/c20-17(14-11-10-12-6-4-5-7-13(12)14)19-16-9-3-1-2-8-15(16)18(21)22/h4-7,14-16H,1-3,8-11H2,(H,19,20)(H,21,22)/t14?,15-,16+/m1/s1. The molecule has 4 nitrogen and oxygen atoms in total. The molecule has 2 aliphatic carbocycles. The van der Waals surface area contributed by atoms with Gasteiger partial charge in [0.15, 0.2) is 0 Å². The van der Waals surface area contributed by atoms with Crippen LogP contribution in [0.5, 0.6) is 0 Å². The van der Waals surface area contributed by atoms with E-state index in [1.165, 1.54) is 5.56 Å². The fourth-order valence-corrected chi connectivity index (χ4v) is 3.89. The smallest absolute Gasteiger partial charge is 0.308 e. The molecule has 1 aromatic rings. The van der Waals surface area contributed by atoms with Crippen LogP contribution < -0.4 is 5.32 Å². The second-order valence-corrected chi connectivity index (χ2v) is 6.49. The molecule has 0 heterocycles. The Morgan fingerprint density at radius 1 is 1.05 bits per heavy atom. The Hall–Kier alpha value is -1.84. The highest BCUT2D eigenvalue weighted by atomic mass is 16.4. The molecule has 22 heavy (non-hydrogen) atoms. The van der Waals surface area contributed by atoms with Crippen molar-refractivity contribution in [2.75, 3.05) is 0 Å². The zero-order valence-electron chi connectivity index (χ0n) is 12.8. The molecule has 0 aromatic heterocycles. The number of carboxylic acid groups (broad SMARTS) is 1. The molecule has 1 saturated carbocycles. The number of amides is 1. The molecule has 2 aliphatic rings. The maximum Gasteiger partial charge on any atom is 0.308 e. The fourth-order valence-electron chi connectivity index (χ4n) is 3.89. The molecule has 0 bridgehead atoms. The van der Waals surface area contributed by atoms with Crippen LogP contribution >= 0.6 is 0 Å². The summed E-state index contributed by atoms with van der Waals surface area (Å²) in [4.78, 5) is 24.1. The molecule has 4 heteroatoms. The summed E-state index contributed by atoms with van der Waals surface area (Å²) in [5, 5.41) is 12.5. The number of fused-ring (bicyclic) bond motifs is 1. The second-order valence-electron chi connectivity index (χ2n) is 6.49. The van der Waals surface area contributed by atoms with Crippen molar-refractivity contribution in [1.82, 2.24) is 5.32 Å². The van der Waals surface area contributed by atoms with E-state index in [0.29, 0.717) is 6.42 Å². The molecule has 1 aromatic carbocycles. The number of rotatable bonds is 3. The number of hydrogen-bond donors (Lipinski definition) is 2. The number of carbonyl (C=O) groups is 2. The number of benzene rings is 1. The molecule has 3 rings (SSSR count). The normalized spacial score (nSPS) is 27.7. The van der Waals surface area contributed by atoms with E-state index in [0.717, 1.165) is 44.1 Å². The van der Waals surface area contributed by atoms with Crippen molar-refractivity contribution >= 4 is 11.9 Å². The predicted octanol–water partition coefficient (Wildman–Crippen LogP) is 2.87. The molecule has 0 saturated heterocycles. The van der Waals surface area contributed by atoms with Crippen LogP contribution in [0.2, 0.25) is 0 Å². The zero-order valence-corrected chi connectivity index (χ0v) is 12.8. The van der Waals surface area contributed by atoms with Crippen LogP contribution in [0.3, 0.4) is 0 Å². The predicted molar refractivity (Wildman–Crippen MR) is 83.6 cm³/mol. The lowest BCUT2D eigenvalue weighted by molar-refractivity contribution is -0.143. The lowest BCUT2D eigenvalue weighted by Crippen LogP contribution is -2.44. The summed E-state index contributed by atoms with van der Waals surface area (Å²) in [7, 11) is 0. The molecule has 0 spiro atoms. The van der Waals surface area contributed by atoms with Crippen molar-refractivity contribution in [3.8, 4) is 0 Å². The van der Waals surface area contributed by atoms with Crippen LogP contribution in [0.25, 0.3) is 0 Å². The molecule has 1 fully saturated rings. The van der Waals surface area contributed by atoms with E-state index < -0.39 is 11.9 Å². The van der Waals surface area contributed by atoms with Gasteiger partial charge in [-0.1, -0.05) is 43.5 Å². The first kappa shape index (κ1) is 15.1. The van der Waals surface area contributed by atoms with Crippen molar-refractivity contribution in [1.29, 1.82) is 0 Å². The minimum atomic E-state index is -0.779. The van der Waals surface area contributed by atoms with Crippen LogP contribution in [0.1, 0.15) is 55.6 Å². The van der Waals surface area contributed by atoms with Gasteiger partial charge in [-0.15, -0.1) is 0 Å². The van der Waals surface area contributed by atoms with Crippen LogP contribution in [-0.4, -0.2) is 23.0 Å². The number of carboxylic acids is 1. The van der Waals surface area contributed by atoms with Crippen molar-refractivity contribution in [3.63, 3.8) is 0 Å². The summed E-state index contributed by atoms with van der Waals surface area (Å²) in [6.07, 6.45) is 6.20. The maximum atomic E-state index is 12.7. The van der Waals surface area contributed by atoms with Gasteiger partial charge >= 0.3 is 5.97 Å². The molecular weight excluding hydrogens is 278 g/mol. The summed E-state index contributed by atoms with van der Waals surface area (Å²) >= 11 is 0. The van der Waals surface area contributed by atoms with Crippen LogP contribution in [0, 0.1) is 5.92 Å². The Kier molecular flexibility index (Phi) is 4.46. The highest BCUT2D eigenvalue weighted by Gasteiger charge is 2.34. The van der Waals surface area contributed by atoms with Gasteiger partial charge in [-0.3, -0.25) is 9.59 Å². The Bertz CT molecular complexity index is 569. The summed E-state index contributed by atoms with van der Waals surface area (Å²) in [6.45, 7) is 0. The average molecular weight is 301 g/mol. The molecule has 0 aliphatic heterocycles. The van der Waals surface area contributed by atoms with E-state index in [9.17, 15) is 14.7 Å². The van der Waals surface area contributed by atoms with Gasteiger partial charge in [-0.05, 0) is 36.8 Å². The molecule has 118 valence electrons. The highest BCUT2D eigenvalue weighted by molar-refractivity contribution is 5.85. The SMILES string of the molecule is O=C(N[C@H]1CCCCC[C@H]1C(=O)O)C1CCc2ccccc21. The quantitative estimate of drug-likeness (QED) is 0.844. The van der Waals surface area contributed by atoms with E-state index in [1.807, 2.05) is 18.2 Å². The first-order chi connectivity index (χ1) is 10.7. The number of nitrogens with one attached hydrogen (secondary N) is 1. The second kappa shape index (κ2) is 6.51. The van der Waals surface area contributed by atoms with Crippen LogP contribution in [0.15, 0.2) is 24.3 Å². The van der Waals surface area contributed by atoms with Gasteiger partial charge in [0.05, 0.1) is 11.8 Å². The summed E-state index contributed by atoms with van der Waals surface area (Å²) in [5.74, 6) is -1.33. The van der Waals surface area contributed by atoms with Gasteiger partial charge in [-0.25, -0.2) is 0 Å². The monoisotopic (exact) mass is 301 g/mol. The third-order valence-electron chi connectivity index (χ3n) is 5.11. The van der Waals surface area contributed by atoms with Gasteiger partial charge in [0, 0.05) is 6.04 Å². The molecule has 2 N–H and O–H groups in total. The molecular formula is C18H23NO3. The van der Waals surface area contributed by atoms with Gasteiger partial charge in [0.25, 0.3) is 0 Å². The largest absolute Gasteiger partial charge is 0.481 e. The number of aryl methyl sites for hydroxylation is 1. The average Bonchev–Trinajstić information content (AvgIpc) is 2.80. The minimum Gasteiger partial charge on any atom is -0.481 e. The summed E-state index contributed by atoms with van der Waals surface area (Å²) in [5.41, 5.74) is 2.36. The number of carbonyl (C=O) groups excluding carboxylic acids is 1. The van der Waals surface area contributed by atoms with Crippen LogP contribution in [0.4, 0.5) is 0 Å². The van der Waals surface area contributed by atoms with E-state index in [-0.39, 0.29) is 17.9 Å². The Balaban J connectivity index is 1.72. The molecule has 3 atom stereocenters. The van der Waals surface area contributed by atoms with E-state index in [2.05, 4.69) is 11.4 Å². The number of aliphatic carboxylic acids is 1. The third kappa shape index (κ3) is 3.01. The Morgan fingerprint density at radius 2 is 1.82 bits per heavy atom. The van der Waals surface area contributed by atoms with Gasteiger partial charge in [0.2, 0.25) is 5.91 Å². The third-order valence-corrected chi connectivity index (χ3v) is 5.11. The van der Waals surface area contributed by atoms with Crippen molar-refractivity contribution < 1.29 is 14.7 Å². The maximum absolute atomic E-state index is 12.7. The van der Waals surface area contributed by atoms with E-state index in [4.69, 9.17) is 0 Å². The zero-order chi connectivity index (χ0) is 15.5. The van der Waals surface area contributed by atoms with Crippen LogP contribution in [-0.2, 0) is 16.0 Å². The highest BCUT2D eigenvalue weighted by Crippen LogP contribution is 2.33. The molecule has 1 unspecified atom stereocenters. The van der Waals surface area contributed by atoms with Crippen molar-refractivity contribution in [3.05, 3.63) is 35.4 Å². The minimum absolute atomic E-state index is 0.00287. The lowest BCUT2D eigenvalue weighted by atomic mass is 9.93. The lowest BCUT2D eigenvalue weighted by Gasteiger charge is -2.24. The van der Waals surface area contributed by atoms with E-state index >= 15 is 0 Å². The van der Waals surface area contributed by atoms with Crippen molar-refractivity contribution in [2.24, 2.45) is 5.92 Å². The first-order valence-corrected chi connectivity index (χ1v) is 8.28. The Labute approximate surface area is 130 Å². The fraction of sp³-hybridized carbons (Fsp3) is 0.556. The van der Waals surface area contributed by atoms with Gasteiger partial charge in [-0.2, -0.15) is 0 Å². The summed E-state index contributed by atoms with van der Waals surface area (Å²) < 4.78 is 0.